The molecule has 284 valence electrons. The summed E-state index contributed by atoms with van der Waals surface area (Å²) in [6.45, 7) is 5.43. The molecule has 3 fully saturated rings. The number of aliphatic carboxylic acids is 2. The van der Waals surface area contributed by atoms with Crippen LogP contribution in [0.2, 0.25) is 0 Å². The number of alkyl halides is 6. The van der Waals surface area contributed by atoms with E-state index in [2.05, 4.69) is 4.90 Å². The number of carbonyl (C=O) groups excluding carboxylic acids is 2. The lowest BCUT2D eigenvalue weighted by molar-refractivity contribution is -0.143. The van der Waals surface area contributed by atoms with E-state index in [-0.39, 0.29) is 36.2 Å². The minimum absolute atomic E-state index is 0.0619. The number of benzene rings is 2. The number of fused-ring (bicyclic) bond motifs is 1. The summed E-state index contributed by atoms with van der Waals surface area (Å²) in [4.78, 5) is 52.3. The Hall–Kier alpha value is -4.67. The molecule has 3 saturated heterocycles. The van der Waals surface area contributed by atoms with Gasteiger partial charge in [-0.2, -0.15) is 26.3 Å². The molecule has 5 rings (SSSR count). The van der Waals surface area contributed by atoms with Gasteiger partial charge in [0.2, 0.25) is 5.91 Å². The lowest BCUT2D eigenvalue weighted by Gasteiger charge is -2.48. The average molecular weight is 745 g/mol. The Morgan fingerprint density at radius 2 is 1.48 bits per heavy atom. The maximum Gasteiger partial charge on any atom is 0.416 e. The largest absolute Gasteiger partial charge is 0.478 e. The minimum atomic E-state index is -5.01. The van der Waals surface area contributed by atoms with Crippen LogP contribution < -0.4 is 0 Å². The maximum atomic E-state index is 14.1. The van der Waals surface area contributed by atoms with E-state index >= 15 is 0 Å². The number of hydrogen-bond donors (Lipinski definition) is 2. The molecule has 0 unspecified atom stereocenters. The maximum absolute atomic E-state index is 14.1. The summed E-state index contributed by atoms with van der Waals surface area (Å²) in [6.07, 6.45) is -6.49. The predicted molar refractivity (Wildman–Crippen MR) is 172 cm³/mol. The van der Waals surface area contributed by atoms with Crippen LogP contribution in [-0.4, -0.2) is 99.0 Å². The van der Waals surface area contributed by atoms with Gasteiger partial charge in [0.05, 0.1) is 23.2 Å². The molecule has 0 bridgehead atoms. The van der Waals surface area contributed by atoms with Gasteiger partial charge in [-0.15, -0.1) is 0 Å². The molecule has 10 nitrogen and oxygen atoms in total. The number of urea groups is 1. The highest BCUT2D eigenvalue weighted by atomic mass is 19.4. The molecule has 3 amide bonds. The van der Waals surface area contributed by atoms with Crippen LogP contribution in [0.1, 0.15) is 72.5 Å². The highest BCUT2D eigenvalue weighted by Crippen LogP contribution is 2.40. The Kier molecular flexibility index (Phi) is 12.3. The number of nitrogens with zero attached hydrogens (tertiary/aromatic N) is 4. The van der Waals surface area contributed by atoms with Gasteiger partial charge in [0.25, 0.3) is 0 Å². The van der Waals surface area contributed by atoms with Crippen LogP contribution in [0.5, 0.6) is 0 Å². The van der Waals surface area contributed by atoms with Gasteiger partial charge in [-0.05, 0) is 80.1 Å². The van der Waals surface area contributed by atoms with Crippen LogP contribution in [0, 0.1) is 12.7 Å². The fourth-order valence-electron chi connectivity index (χ4n) is 6.99. The van der Waals surface area contributed by atoms with Crippen molar-refractivity contribution < 1.29 is 60.1 Å². The Morgan fingerprint density at radius 3 is 2.02 bits per heavy atom. The molecule has 2 aromatic carbocycles. The van der Waals surface area contributed by atoms with Crippen molar-refractivity contribution >= 4 is 23.9 Å². The highest BCUT2D eigenvalue weighted by Gasteiger charge is 2.43. The third kappa shape index (κ3) is 9.60. The Morgan fingerprint density at radius 1 is 0.885 bits per heavy atom. The second-order valence-corrected chi connectivity index (χ2v) is 13.1. The monoisotopic (exact) mass is 744 g/mol. The van der Waals surface area contributed by atoms with E-state index in [1.54, 1.807) is 17.9 Å². The van der Waals surface area contributed by atoms with Crippen LogP contribution >= 0.6 is 0 Å². The quantitative estimate of drug-likeness (QED) is 0.256. The summed E-state index contributed by atoms with van der Waals surface area (Å²) in [5.41, 5.74) is -1.84. The summed E-state index contributed by atoms with van der Waals surface area (Å²) in [5.74, 6) is -2.79. The lowest BCUT2D eigenvalue weighted by Crippen LogP contribution is -2.57. The third-order valence-electron chi connectivity index (χ3n) is 9.80. The number of piperazine rings is 1. The number of carboxylic acid groups (broad SMARTS) is 2. The average Bonchev–Trinajstić information content (AvgIpc) is 3.45. The van der Waals surface area contributed by atoms with E-state index in [1.807, 2.05) is 4.90 Å². The molecule has 4 atom stereocenters. The first-order valence-electron chi connectivity index (χ1n) is 16.4. The van der Waals surface area contributed by atoms with Crippen molar-refractivity contribution in [2.45, 2.75) is 76.1 Å². The van der Waals surface area contributed by atoms with E-state index in [4.69, 9.17) is 10.2 Å². The van der Waals surface area contributed by atoms with Crippen molar-refractivity contribution in [1.82, 2.24) is 19.6 Å². The Balaban J connectivity index is 0.000000677. The number of carbonyl (C=O) groups is 4. The van der Waals surface area contributed by atoms with Crippen molar-refractivity contribution in [2.24, 2.45) is 0 Å². The summed E-state index contributed by atoms with van der Waals surface area (Å²) >= 11 is 0. The summed E-state index contributed by atoms with van der Waals surface area (Å²) in [7, 11) is 1.36. The van der Waals surface area contributed by atoms with Crippen molar-refractivity contribution in [2.75, 3.05) is 33.2 Å². The Bertz CT molecular complexity index is 1650. The number of amides is 3. The van der Waals surface area contributed by atoms with Gasteiger partial charge in [-0.1, -0.05) is 6.07 Å². The van der Waals surface area contributed by atoms with E-state index < -0.39 is 59.4 Å². The topological polar surface area (TPSA) is 122 Å². The molecule has 0 radical (unpaired) electrons. The van der Waals surface area contributed by atoms with Crippen molar-refractivity contribution in [3.63, 3.8) is 0 Å². The highest BCUT2D eigenvalue weighted by molar-refractivity contribution is 5.89. The van der Waals surface area contributed by atoms with E-state index in [0.717, 1.165) is 16.9 Å². The number of aryl methyl sites for hydroxylation is 1. The van der Waals surface area contributed by atoms with Crippen LogP contribution in [0.4, 0.5) is 35.5 Å². The molecule has 2 aromatic rings. The van der Waals surface area contributed by atoms with Crippen LogP contribution in [-0.2, 0) is 26.7 Å². The number of likely N-dealkylation sites (tertiary alicyclic amines) is 1. The summed E-state index contributed by atoms with van der Waals surface area (Å²) < 4.78 is 95.2. The molecule has 17 heteroatoms. The van der Waals surface area contributed by atoms with E-state index in [9.17, 15) is 49.9 Å². The number of hydrogen-bond acceptors (Lipinski definition) is 5. The molecule has 2 N–H and O–H groups in total. The van der Waals surface area contributed by atoms with Crippen molar-refractivity contribution in [3.05, 3.63) is 82.2 Å². The van der Waals surface area contributed by atoms with Crippen LogP contribution in [0.25, 0.3) is 0 Å². The zero-order valence-electron chi connectivity index (χ0n) is 28.5. The normalized spacial score (nSPS) is 21.7. The summed E-state index contributed by atoms with van der Waals surface area (Å²) in [6, 6.07) is 3.68. The predicted octanol–water partition coefficient (Wildman–Crippen LogP) is 6.51. The van der Waals surface area contributed by atoms with Gasteiger partial charge in [-0.3, -0.25) is 9.69 Å². The molecular weight excluding hydrogens is 705 g/mol. The van der Waals surface area contributed by atoms with Gasteiger partial charge in [-0.25, -0.2) is 18.8 Å². The van der Waals surface area contributed by atoms with Crippen LogP contribution in [0.15, 0.2) is 48.6 Å². The third-order valence-corrected chi connectivity index (χ3v) is 9.80. The molecule has 52 heavy (non-hydrogen) atoms. The van der Waals surface area contributed by atoms with Gasteiger partial charge in [0, 0.05) is 63.9 Å². The van der Waals surface area contributed by atoms with Crippen molar-refractivity contribution in [1.29, 1.82) is 0 Å². The number of halogens is 7. The zero-order chi connectivity index (χ0) is 38.7. The minimum Gasteiger partial charge on any atom is -0.478 e. The fourth-order valence-corrected chi connectivity index (χ4v) is 6.99. The molecule has 0 spiro atoms. The van der Waals surface area contributed by atoms with Gasteiger partial charge < -0.3 is 24.9 Å². The van der Waals surface area contributed by atoms with E-state index in [0.29, 0.717) is 68.7 Å². The molecule has 3 heterocycles. The van der Waals surface area contributed by atoms with E-state index in [1.165, 1.54) is 26.1 Å². The smallest absolute Gasteiger partial charge is 0.416 e. The number of rotatable bonds is 6. The lowest BCUT2D eigenvalue weighted by atomic mass is 9.88. The first-order chi connectivity index (χ1) is 24.2. The molecule has 0 aromatic heterocycles. The summed E-state index contributed by atoms with van der Waals surface area (Å²) in [5, 5.41) is 15.6. The second kappa shape index (κ2) is 15.9. The standard InChI is InChI=1S/C31H35F7N4O2.C4H4O4/c1-18-12-23(32)4-6-26(18)27-16-24(40-10-11-41-25(17-40)5-7-28(41)43)8-9-42(27)29(44)39(3)19(2)20-13-21(30(33,34)35)15-22(14-20)31(36,37)38;5-3(6)1-2-4(7)8/h4,6,12-15,19,24-25,27H,5,7-11,16-17H2,1-3H3;1-2H,(H,5,6)(H,7,8)/b;2-1-/t19-,24+,25+,27-;/m1./s1. The Labute approximate surface area is 295 Å². The fraction of sp³-hybridized carbons (Fsp3) is 0.486. The van der Waals surface area contributed by atoms with Gasteiger partial charge in [0.15, 0.2) is 0 Å². The first-order valence-corrected chi connectivity index (χ1v) is 16.4. The van der Waals surface area contributed by atoms with Gasteiger partial charge >= 0.3 is 30.3 Å². The molecule has 0 saturated carbocycles. The molecular formula is C35H39F7N4O6. The van der Waals surface area contributed by atoms with Crippen LogP contribution in [0.3, 0.4) is 0 Å². The first kappa shape index (κ1) is 40.1. The zero-order valence-corrected chi connectivity index (χ0v) is 28.5. The van der Waals surface area contributed by atoms with Gasteiger partial charge in [0.1, 0.15) is 5.82 Å². The number of carboxylic acids is 2. The molecule has 0 aliphatic carbocycles. The number of piperidine rings is 1. The second-order valence-electron chi connectivity index (χ2n) is 13.1. The SMILES string of the molecule is Cc1cc(F)ccc1[C@H]1C[C@@H](N2CCN3C(=O)CC[C@H]3C2)CCN1C(=O)N(C)[C@H](C)c1cc(C(F)(F)F)cc(C(F)(F)F)c1.O=C(O)/C=C\C(=O)O. The molecule has 3 aliphatic heterocycles. The molecule has 3 aliphatic rings. The van der Waals surface area contributed by atoms with Crippen molar-refractivity contribution in [3.8, 4) is 0 Å².